The molecule has 0 saturated carbocycles. The van der Waals surface area contributed by atoms with Crippen molar-refractivity contribution in [2.75, 3.05) is 19.0 Å². The van der Waals surface area contributed by atoms with Gasteiger partial charge in [-0.3, -0.25) is 4.79 Å². The quantitative estimate of drug-likeness (QED) is 0.598. The molecule has 1 N–H and O–H groups in total. The van der Waals surface area contributed by atoms with Crippen molar-refractivity contribution in [1.29, 1.82) is 5.26 Å². The van der Waals surface area contributed by atoms with E-state index in [-0.39, 0.29) is 5.57 Å². The molecule has 0 saturated heterocycles. The van der Waals surface area contributed by atoms with Gasteiger partial charge in [0.1, 0.15) is 17.5 Å². The van der Waals surface area contributed by atoms with Gasteiger partial charge in [0.15, 0.2) is 11.5 Å². The molecule has 0 aromatic heterocycles. The van der Waals surface area contributed by atoms with Crippen LogP contribution >= 0.6 is 0 Å². The summed E-state index contributed by atoms with van der Waals surface area (Å²) in [5.74, 6) is 0.130. The van der Waals surface area contributed by atoms with Gasteiger partial charge in [-0.2, -0.15) is 5.26 Å². The van der Waals surface area contributed by atoms with Crippen molar-refractivity contribution in [3.63, 3.8) is 0 Å². The lowest BCUT2D eigenvalue weighted by Gasteiger charge is -2.10. The van der Waals surface area contributed by atoms with E-state index < -0.39 is 11.7 Å². The number of nitriles is 1. The first kappa shape index (κ1) is 19.0. The maximum absolute atomic E-state index is 12.9. The van der Waals surface area contributed by atoms with Gasteiger partial charge in [-0.05, 0) is 54.5 Å². The molecule has 0 atom stereocenters. The second-order valence-corrected chi connectivity index (χ2v) is 5.39. The van der Waals surface area contributed by atoms with Crippen molar-refractivity contribution < 1.29 is 18.7 Å². The molecule has 0 aliphatic heterocycles. The minimum absolute atomic E-state index is 0.0846. The van der Waals surface area contributed by atoms with E-state index in [1.54, 1.807) is 18.2 Å². The van der Waals surface area contributed by atoms with Gasteiger partial charge in [-0.25, -0.2) is 4.39 Å². The Kier molecular flexibility index (Phi) is 6.75. The van der Waals surface area contributed by atoms with Crippen molar-refractivity contribution in [1.82, 2.24) is 0 Å². The number of benzene rings is 2. The molecule has 6 heteroatoms. The third-order valence-electron chi connectivity index (χ3n) is 3.43. The third-order valence-corrected chi connectivity index (χ3v) is 3.43. The number of ether oxygens (including phenoxy) is 2. The van der Waals surface area contributed by atoms with Crippen LogP contribution in [-0.4, -0.2) is 19.6 Å². The highest BCUT2D eigenvalue weighted by Crippen LogP contribution is 2.29. The number of hydrogen-bond acceptors (Lipinski definition) is 4. The van der Waals surface area contributed by atoms with E-state index in [1.165, 1.54) is 37.5 Å². The zero-order valence-corrected chi connectivity index (χ0v) is 14.6. The van der Waals surface area contributed by atoms with Crippen LogP contribution < -0.4 is 14.8 Å². The molecule has 0 heterocycles. The zero-order valence-electron chi connectivity index (χ0n) is 14.6. The maximum Gasteiger partial charge on any atom is 0.266 e. The van der Waals surface area contributed by atoms with Crippen LogP contribution in [0.3, 0.4) is 0 Å². The molecule has 2 aromatic rings. The van der Waals surface area contributed by atoms with Crippen LogP contribution in [0.2, 0.25) is 0 Å². The lowest BCUT2D eigenvalue weighted by molar-refractivity contribution is -0.112. The fraction of sp³-hybridized carbons (Fsp3) is 0.200. The molecule has 1 amide bonds. The first-order chi connectivity index (χ1) is 12.6. The van der Waals surface area contributed by atoms with Gasteiger partial charge < -0.3 is 14.8 Å². The summed E-state index contributed by atoms with van der Waals surface area (Å²) in [4.78, 5) is 12.2. The number of carbonyl (C=O) groups is 1. The number of nitrogens with zero attached hydrogens (tertiary/aromatic N) is 1. The van der Waals surface area contributed by atoms with E-state index in [1.807, 2.05) is 13.0 Å². The monoisotopic (exact) mass is 354 g/mol. The molecule has 5 nitrogen and oxygen atoms in total. The van der Waals surface area contributed by atoms with E-state index in [2.05, 4.69) is 5.32 Å². The summed E-state index contributed by atoms with van der Waals surface area (Å²) >= 11 is 0. The van der Waals surface area contributed by atoms with Crippen LogP contribution in [0, 0.1) is 17.1 Å². The number of anilines is 1. The predicted octanol–water partition coefficient (Wildman–Crippen LogP) is 4.17. The van der Waals surface area contributed by atoms with Crippen LogP contribution in [0.1, 0.15) is 18.9 Å². The summed E-state index contributed by atoms with van der Waals surface area (Å²) < 4.78 is 23.8. The average Bonchev–Trinajstić information content (AvgIpc) is 2.66. The highest BCUT2D eigenvalue weighted by molar-refractivity contribution is 6.09. The third kappa shape index (κ3) is 5.08. The highest BCUT2D eigenvalue weighted by Gasteiger charge is 2.11. The number of halogens is 1. The number of rotatable bonds is 7. The molecule has 26 heavy (non-hydrogen) atoms. The van der Waals surface area contributed by atoms with Crippen LogP contribution in [0.5, 0.6) is 11.5 Å². The van der Waals surface area contributed by atoms with E-state index in [0.717, 1.165) is 6.42 Å². The topological polar surface area (TPSA) is 71.3 Å². The van der Waals surface area contributed by atoms with E-state index in [0.29, 0.717) is 29.4 Å². The Morgan fingerprint density at radius 1 is 1.23 bits per heavy atom. The van der Waals surface area contributed by atoms with Gasteiger partial charge >= 0.3 is 0 Å². The zero-order chi connectivity index (χ0) is 18.9. The fourth-order valence-corrected chi connectivity index (χ4v) is 2.15. The summed E-state index contributed by atoms with van der Waals surface area (Å²) in [6.07, 6.45) is 2.32. The lowest BCUT2D eigenvalue weighted by atomic mass is 10.1. The summed E-state index contributed by atoms with van der Waals surface area (Å²) in [7, 11) is 1.52. The molecule has 0 fully saturated rings. The first-order valence-corrected chi connectivity index (χ1v) is 8.07. The van der Waals surface area contributed by atoms with Crippen LogP contribution in [0.15, 0.2) is 48.0 Å². The van der Waals surface area contributed by atoms with Crippen molar-refractivity contribution in [2.24, 2.45) is 0 Å². The second-order valence-electron chi connectivity index (χ2n) is 5.39. The van der Waals surface area contributed by atoms with Crippen LogP contribution in [0.25, 0.3) is 6.08 Å². The Labute approximate surface area is 151 Å². The largest absolute Gasteiger partial charge is 0.493 e. The standard InChI is InChI=1S/C20H19FN2O3/c1-3-10-26-18-9-4-14(12-19(18)25-2)11-15(13-22)20(24)23-17-7-5-16(21)6-8-17/h4-9,11-12H,3,10H2,1-2H3,(H,23,24)/b15-11+. The Hall–Kier alpha value is -3.33. The number of hydrogen-bond donors (Lipinski definition) is 1. The van der Waals surface area contributed by atoms with E-state index in [4.69, 9.17) is 9.47 Å². The molecule has 134 valence electrons. The smallest absolute Gasteiger partial charge is 0.266 e. The number of carbonyl (C=O) groups excluding carboxylic acids is 1. The maximum atomic E-state index is 12.9. The molecule has 0 unspecified atom stereocenters. The van der Waals surface area contributed by atoms with Gasteiger partial charge in [0.25, 0.3) is 5.91 Å². The normalized spacial score (nSPS) is 10.8. The summed E-state index contributed by atoms with van der Waals surface area (Å²) in [6.45, 7) is 2.57. The molecule has 0 radical (unpaired) electrons. The SMILES string of the molecule is CCCOc1ccc(/C=C(\C#N)C(=O)Nc2ccc(F)cc2)cc1OC. The van der Waals surface area contributed by atoms with E-state index in [9.17, 15) is 14.4 Å². The summed E-state index contributed by atoms with van der Waals surface area (Å²) in [6, 6.07) is 12.3. The molecule has 0 spiro atoms. The van der Waals surface area contributed by atoms with Gasteiger partial charge in [-0.15, -0.1) is 0 Å². The minimum atomic E-state index is -0.579. The van der Waals surface area contributed by atoms with Gasteiger partial charge in [0, 0.05) is 5.69 Å². The molecule has 0 aliphatic rings. The number of amides is 1. The van der Waals surface area contributed by atoms with Gasteiger partial charge in [-0.1, -0.05) is 13.0 Å². The van der Waals surface area contributed by atoms with Gasteiger partial charge in [0.2, 0.25) is 0 Å². The van der Waals surface area contributed by atoms with Crippen molar-refractivity contribution in [3.05, 3.63) is 59.4 Å². The number of nitrogens with one attached hydrogen (secondary N) is 1. The van der Waals surface area contributed by atoms with Crippen molar-refractivity contribution in [2.45, 2.75) is 13.3 Å². The minimum Gasteiger partial charge on any atom is -0.493 e. The second kappa shape index (κ2) is 9.23. The molecular formula is C20H19FN2O3. The lowest BCUT2D eigenvalue weighted by Crippen LogP contribution is -2.13. The number of methoxy groups -OCH3 is 1. The Morgan fingerprint density at radius 3 is 2.58 bits per heavy atom. The Morgan fingerprint density at radius 2 is 1.96 bits per heavy atom. The highest BCUT2D eigenvalue weighted by atomic mass is 19.1. The Balaban J connectivity index is 2.20. The predicted molar refractivity (Wildman–Crippen MR) is 97.4 cm³/mol. The molecule has 0 bridgehead atoms. The summed E-state index contributed by atoms with van der Waals surface area (Å²) in [5.41, 5.74) is 0.938. The van der Waals surface area contributed by atoms with Crippen molar-refractivity contribution >= 4 is 17.7 Å². The van der Waals surface area contributed by atoms with E-state index >= 15 is 0 Å². The van der Waals surface area contributed by atoms with Crippen LogP contribution in [0.4, 0.5) is 10.1 Å². The van der Waals surface area contributed by atoms with Crippen molar-refractivity contribution in [3.8, 4) is 17.6 Å². The summed E-state index contributed by atoms with van der Waals surface area (Å²) in [5, 5.41) is 11.8. The molecular weight excluding hydrogens is 335 g/mol. The molecule has 2 rings (SSSR count). The first-order valence-electron chi connectivity index (χ1n) is 8.07. The fourth-order valence-electron chi connectivity index (χ4n) is 2.15. The molecule has 2 aromatic carbocycles. The Bertz CT molecular complexity index is 839. The average molecular weight is 354 g/mol. The van der Waals surface area contributed by atoms with Gasteiger partial charge in [0.05, 0.1) is 13.7 Å². The van der Waals surface area contributed by atoms with Crippen LogP contribution in [-0.2, 0) is 4.79 Å². The molecule has 0 aliphatic carbocycles.